The van der Waals surface area contributed by atoms with Crippen LogP contribution in [0.4, 0.5) is 20.4 Å². The highest BCUT2D eigenvalue weighted by atomic mass is 35.5. The van der Waals surface area contributed by atoms with Gasteiger partial charge in [-0.05, 0) is 29.7 Å². The van der Waals surface area contributed by atoms with Crippen molar-refractivity contribution in [3.8, 4) is 0 Å². The fourth-order valence-electron chi connectivity index (χ4n) is 4.03. The van der Waals surface area contributed by atoms with Crippen molar-refractivity contribution in [1.82, 2.24) is 15.0 Å². The number of anilines is 1. The Kier molecular flexibility index (Phi) is 4.37. The van der Waals surface area contributed by atoms with Crippen LogP contribution < -0.4 is 4.90 Å². The zero-order valence-corrected chi connectivity index (χ0v) is 16.3. The van der Waals surface area contributed by atoms with Crippen LogP contribution in [0.2, 0.25) is 5.02 Å². The Morgan fingerprint density at radius 2 is 1.87 bits per heavy atom. The van der Waals surface area contributed by atoms with Crippen molar-refractivity contribution in [2.45, 2.75) is 12.5 Å². The lowest BCUT2D eigenvalue weighted by Crippen LogP contribution is -2.37. The lowest BCUT2D eigenvalue weighted by Gasteiger charge is -2.36. The van der Waals surface area contributed by atoms with Gasteiger partial charge < -0.3 is 9.88 Å². The van der Waals surface area contributed by atoms with E-state index in [0.29, 0.717) is 30.1 Å². The summed E-state index contributed by atoms with van der Waals surface area (Å²) in [7, 11) is 0. The summed E-state index contributed by atoms with van der Waals surface area (Å²) in [5, 5.41) is 0.949. The number of nitrogens with zero attached hydrogens (tertiary/aromatic N) is 4. The smallest absolute Gasteiger partial charge is 0.226 e. The fourth-order valence-corrected chi connectivity index (χ4v) is 4.20. The van der Waals surface area contributed by atoms with Crippen molar-refractivity contribution in [3.63, 3.8) is 0 Å². The number of aromatic amines is 1. The topological polar surface area (TPSA) is 49.2 Å². The minimum atomic E-state index is -0.509. The average Bonchev–Trinajstić information content (AvgIpc) is 3.11. The minimum absolute atomic E-state index is 0.0755. The molecule has 148 valence electrons. The molecular weight excluding hydrogens is 408 g/mol. The number of nitrogens with one attached hydrogen (secondary N) is 1. The standard InChI is InChI=1S/C22H14ClF2N5/c1-26-14-4-2-12(3-5-14)21-20-15(16-8-17(23)18(25)9-19(16)29-20)6-7-30(21)22-27-10-13(24)11-28-22/h2-5,8-11,21,29H,6-7H2. The summed E-state index contributed by atoms with van der Waals surface area (Å²) < 4.78 is 27.4. The number of aromatic nitrogens is 3. The number of halogens is 3. The van der Waals surface area contributed by atoms with Crippen molar-refractivity contribution in [2.24, 2.45) is 0 Å². The van der Waals surface area contributed by atoms with E-state index < -0.39 is 11.6 Å². The predicted molar refractivity (Wildman–Crippen MR) is 111 cm³/mol. The third-order valence-electron chi connectivity index (χ3n) is 5.37. The lowest BCUT2D eigenvalue weighted by molar-refractivity contribution is 0.596. The van der Waals surface area contributed by atoms with E-state index in [-0.39, 0.29) is 11.1 Å². The maximum absolute atomic E-state index is 14.1. The Balaban J connectivity index is 1.71. The number of hydrogen-bond acceptors (Lipinski definition) is 3. The van der Waals surface area contributed by atoms with Gasteiger partial charge >= 0.3 is 0 Å². The maximum Gasteiger partial charge on any atom is 0.226 e. The minimum Gasteiger partial charge on any atom is -0.356 e. The van der Waals surface area contributed by atoms with E-state index in [4.69, 9.17) is 18.2 Å². The number of hydrogen-bond donors (Lipinski definition) is 1. The molecule has 5 nitrogen and oxygen atoms in total. The van der Waals surface area contributed by atoms with Crippen LogP contribution in [0, 0.1) is 18.2 Å². The predicted octanol–water partition coefficient (Wildman–Crippen LogP) is 5.59. The first-order valence-corrected chi connectivity index (χ1v) is 9.64. The molecule has 0 saturated carbocycles. The normalized spacial score (nSPS) is 15.8. The number of benzene rings is 2. The molecule has 0 bridgehead atoms. The van der Waals surface area contributed by atoms with E-state index >= 15 is 0 Å². The zero-order valence-electron chi connectivity index (χ0n) is 15.5. The van der Waals surface area contributed by atoms with Gasteiger partial charge in [-0.15, -0.1) is 0 Å². The molecule has 1 aliphatic heterocycles. The molecule has 1 atom stereocenters. The van der Waals surface area contributed by atoms with Crippen LogP contribution in [0.15, 0.2) is 48.8 Å². The molecule has 1 unspecified atom stereocenters. The van der Waals surface area contributed by atoms with E-state index in [1.807, 2.05) is 17.0 Å². The molecule has 0 saturated heterocycles. The second-order valence-electron chi connectivity index (χ2n) is 7.08. The van der Waals surface area contributed by atoms with Gasteiger partial charge in [0.15, 0.2) is 11.5 Å². The quantitative estimate of drug-likeness (QED) is 0.429. The third kappa shape index (κ3) is 2.97. The molecule has 0 fully saturated rings. The third-order valence-corrected chi connectivity index (χ3v) is 5.66. The van der Waals surface area contributed by atoms with Crippen LogP contribution in [-0.4, -0.2) is 21.5 Å². The van der Waals surface area contributed by atoms with Crippen molar-refractivity contribution < 1.29 is 8.78 Å². The van der Waals surface area contributed by atoms with E-state index in [9.17, 15) is 8.78 Å². The molecule has 2 aromatic carbocycles. The monoisotopic (exact) mass is 421 g/mol. The van der Waals surface area contributed by atoms with E-state index in [2.05, 4.69) is 19.8 Å². The van der Waals surface area contributed by atoms with Gasteiger partial charge in [0.05, 0.1) is 30.0 Å². The van der Waals surface area contributed by atoms with Crippen molar-refractivity contribution >= 4 is 34.1 Å². The molecule has 0 spiro atoms. The Morgan fingerprint density at radius 3 is 2.57 bits per heavy atom. The Bertz CT molecular complexity index is 1290. The summed E-state index contributed by atoms with van der Waals surface area (Å²) in [4.78, 5) is 17.1. The fraction of sp³-hybridized carbons (Fsp3) is 0.136. The highest BCUT2D eigenvalue weighted by Crippen LogP contribution is 2.41. The molecule has 4 aromatic rings. The summed E-state index contributed by atoms with van der Waals surface area (Å²) in [6.07, 6.45) is 2.93. The van der Waals surface area contributed by atoms with Gasteiger partial charge in [-0.25, -0.2) is 23.6 Å². The molecule has 30 heavy (non-hydrogen) atoms. The molecular formula is C22H14ClF2N5. The zero-order chi connectivity index (χ0) is 20.8. The Hall–Kier alpha value is -3.50. The number of H-pyrrole nitrogens is 1. The van der Waals surface area contributed by atoms with Crippen LogP contribution in [0.5, 0.6) is 0 Å². The molecule has 5 rings (SSSR count). The number of fused-ring (bicyclic) bond motifs is 3. The molecule has 1 aliphatic rings. The molecule has 8 heteroatoms. The molecule has 3 heterocycles. The summed E-state index contributed by atoms with van der Waals surface area (Å²) >= 11 is 6.03. The first-order chi connectivity index (χ1) is 14.5. The van der Waals surface area contributed by atoms with Crippen LogP contribution in [-0.2, 0) is 6.42 Å². The van der Waals surface area contributed by atoms with Gasteiger partial charge in [0, 0.05) is 23.1 Å². The van der Waals surface area contributed by atoms with Crippen LogP contribution >= 0.6 is 11.6 Å². The summed E-state index contributed by atoms with van der Waals surface area (Å²) in [6.45, 7) is 7.77. The number of rotatable bonds is 2. The average molecular weight is 422 g/mol. The van der Waals surface area contributed by atoms with Gasteiger partial charge in [0.25, 0.3) is 0 Å². The van der Waals surface area contributed by atoms with Crippen LogP contribution in [0.3, 0.4) is 0 Å². The van der Waals surface area contributed by atoms with E-state index in [0.717, 1.165) is 34.6 Å². The first-order valence-electron chi connectivity index (χ1n) is 9.26. The SMILES string of the molecule is [C-]#[N+]c1ccc(C2c3[nH]c4cc(F)c(Cl)cc4c3CCN2c2ncc(F)cn2)cc1. The maximum atomic E-state index is 14.1. The van der Waals surface area contributed by atoms with Crippen LogP contribution in [0.25, 0.3) is 15.7 Å². The van der Waals surface area contributed by atoms with Crippen molar-refractivity contribution in [3.05, 3.63) is 93.7 Å². The van der Waals surface area contributed by atoms with Crippen LogP contribution in [0.1, 0.15) is 22.9 Å². The second kappa shape index (κ2) is 7.08. The van der Waals surface area contributed by atoms with Gasteiger partial charge in [-0.2, -0.15) is 0 Å². The second-order valence-corrected chi connectivity index (χ2v) is 7.49. The molecule has 0 amide bonds. The summed E-state index contributed by atoms with van der Waals surface area (Å²) in [6, 6.07) is 9.98. The van der Waals surface area contributed by atoms with E-state index in [1.54, 1.807) is 18.2 Å². The highest BCUT2D eigenvalue weighted by molar-refractivity contribution is 6.31. The lowest BCUT2D eigenvalue weighted by atomic mass is 9.92. The molecule has 0 aliphatic carbocycles. The van der Waals surface area contributed by atoms with Gasteiger partial charge in [0.2, 0.25) is 5.95 Å². The van der Waals surface area contributed by atoms with Crippen molar-refractivity contribution in [1.29, 1.82) is 0 Å². The summed E-state index contributed by atoms with van der Waals surface area (Å²) in [5.41, 5.74) is 4.02. The van der Waals surface area contributed by atoms with E-state index in [1.165, 1.54) is 6.07 Å². The summed E-state index contributed by atoms with van der Waals surface area (Å²) in [5.74, 6) is -0.603. The molecule has 0 radical (unpaired) electrons. The Labute approximate surface area is 175 Å². The molecule has 1 N–H and O–H groups in total. The first kappa shape index (κ1) is 18.5. The van der Waals surface area contributed by atoms with Gasteiger partial charge in [-0.3, -0.25) is 0 Å². The van der Waals surface area contributed by atoms with Gasteiger partial charge in [0.1, 0.15) is 5.82 Å². The highest BCUT2D eigenvalue weighted by Gasteiger charge is 2.33. The Morgan fingerprint density at radius 1 is 1.13 bits per heavy atom. The largest absolute Gasteiger partial charge is 0.356 e. The van der Waals surface area contributed by atoms with Crippen molar-refractivity contribution in [2.75, 3.05) is 11.4 Å². The molecule has 2 aromatic heterocycles. The van der Waals surface area contributed by atoms with Gasteiger partial charge in [-0.1, -0.05) is 35.9 Å².